The molecule has 0 unspecified atom stereocenters. The van der Waals surface area contributed by atoms with E-state index in [0.717, 1.165) is 58.8 Å². The van der Waals surface area contributed by atoms with Gasteiger partial charge in [-0.1, -0.05) is 0 Å². The first-order valence-electron chi connectivity index (χ1n) is 10.2. The first-order valence-corrected chi connectivity index (χ1v) is 11.1. The third-order valence-electron chi connectivity index (χ3n) is 5.75. The SMILES string of the molecule is O=C(O)C(F)(F)F.c1cc(CN2CCO[C@H]3[C@H](OCC4CCOCC4)CC[C@@H]32)cs1. The standard InChI is InChI=1S/C18H27NO3S.C2HF3O2/c1-2-17(22-12-14-3-7-20-8-4-14)18-16(1)19(6-9-21-18)11-15-5-10-23-13-15;3-2(4,5)1(6)7/h5,10,13-14,16-18H,1-4,6-9,11-12H2;(H,6,7)/t16-,17+,18+;/m0./s1. The highest BCUT2D eigenvalue weighted by molar-refractivity contribution is 7.07. The third-order valence-corrected chi connectivity index (χ3v) is 6.48. The molecule has 10 heteroatoms. The molecule has 3 heterocycles. The van der Waals surface area contributed by atoms with Gasteiger partial charge in [-0.2, -0.15) is 24.5 Å². The molecular weight excluding hydrogens is 423 g/mol. The van der Waals surface area contributed by atoms with Crippen molar-refractivity contribution in [1.82, 2.24) is 4.90 Å². The second-order valence-electron chi connectivity index (χ2n) is 7.81. The van der Waals surface area contributed by atoms with Gasteiger partial charge in [0, 0.05) is 32.3 Å². The number of fused-ring (bicyclic) bond motifs is 1. The molecule has 6 nitrogen and oxygen atoms in total. The number of aliphatic carboxylic acids is 1. The molecular formula is C20H28F3NO5S. The van der Waals surface area contributed by atoms with E-state index in [4.69, 9.17) is 24.1 Å². The van der Waals surface area contributed by atoms with E-state index in [1.165, 1.54) is 12.0 Å². The zero-order valence-electron chi connectivity index (χ0n) is 16.7. The summed E-state index contributed by atoms with van der Waals surface area (Å²) in [4.78, 5) is 11.5. The highest BCUT2D eigenvalue weighted by atomic mass is 32.1. The highest BCUT2D eigenvalue weighted by Gasteiger charge is 2.43. The number of halogens is 3. The van der Waals surface area contributed by atoms with Crippen molar-refractivity contribution < 1.29 is 37.3 Å². The second kappa shape index (κ2) is 10.9. The van der Waals surface area contributed by atoms with Crippen LogP contribution in [0.15, 0.2) is 16.8 Å². The van der Waals surface area contributed by atoms with Crippen LogP contribution in [0.3, 0.4) is 0 Å². The topological polar surface area (TPSA) is 68.2 Å². The quantitative estimate of drug-likeness (QED) is 0.739. The predicted molar refractivity (Wildman–Crippen MR) is 104 cm³/mol. The maximum Gasteiger partial charge on any atom is 0.490 e. The lowest BCUT2D eigenvalue weighted by Crippen LogP contribution is -2.51. The van der Waals surface area contributed by atoms with E-state index < -0.39 is 12.1 Å². The number of thiophene rings is 1. The second-order valence-corrected chi connectivity index (χ2v) is 8.59. The van der Waals surface area contributed by atoms with Crippen LogP contribution in [0.2, 0.25) is 0 Å². The van der Waals surface area contributed by atoms with E-state index in [1.807, 2.05) is 0 Å². The Labute approximate surface area is 177 Å². The smallest absolute Gasteiger partial charge is 0.475 e. The average Bonchev–Trinajstić information content (AvgIpc) is 3.37. The van der Waals surface area contributed by atoms with Gasteiger partial charge in [-0.05, 0) is 54.0 Å². The van der Waals surface area contributed by atoms with Gasteiger partial charge in [0.15, 0.2) is 0 Å². The zero-order valence-corrected chi connectivity index (χ0v) is 17.5. The zero-order chi connectivity index (χ0) is 21.6. The van der Waals surface area contributed by atoms with Crippen molar-refractivity contribution in [2.24, 2.45) is 5.92 Å². The number of nitrogens with zero attached hydrogens (tertiary/aromatic N) is 1. The number of morpholine rings is 1. The number of carboxylic acids is 1. The van der Waals surface area contributed by atoms with Crippen molar-refractivity contribution in [3.63, 3.8) is 0 Å². The van der Waals surface area contributed by atoms with Crippen LogP contribution in [0.5, 0.6) is 0 Å². The summed E-state index contributed by atoms with van der Waals surface area (Å²) in [5, 5.41) is 11.6. The van der Waals surface area contributed by atoms with Gasteiger partial charge < -0.3 is 19.3 Å². The van der Waals surface area contributed by atoms with Crippen LogP contribution in [0.25, 0.3) is 0 Å². The molecule has 3 fully saturated rings. The Hall–Kier alpha value is -1.20. The molecule has 1 saturated carbocycles. The molecule has 2 saturated heterocycles. The number of rotatable bonds is 5. The normalized spacial score (nSPS) is 27.9. The summed E-state index contributed by atoms with van der Waals surface area (Å²) in [6.45, 7) is 5.61. The molecule has 0 amide bonds. The number of alkyl halides is 3. The van der Waals surface area contributed by atoms with E-state index >= 15 is 0 Å². The Morgan fingerprint density at radius 1 is 1.23 bits per heavy atom. The monoisotopic (exact) mass is 451 g/mol. The third kappa shape index (κ3) is 6.65. The van der Waals surface area contributed by atoms with Crippen molar-refractivity contribution >= 4 is 17.3 Å². The molecule has 1 aromatic rings. The van der Waals surface area contributed by atoms with Crippen LogP contribution < -0.4 is 0 Å². The van der Waals surface area contributed by atoms with E-state index in [0.29, 0.717) is 12.0 Å². The lowest BCUT2D eigenvalue weighted by molar-refractivity contribution is -0.192. The van der Waals surface area contributed by atoms with Crippen LogP contribution in [-0.2, 0) is 25.5 Å². The van der Waals surface area contributed by atoms with Gasteiger partial charge in [0.2, 0.25) is 0 Å². The summed E-state index contributed by atoms with van der Waals surface area (Å²) in [6, 6.07) is 2.77. The van der Waals surface area contributed by atoms with E-state index in [-0.39, 0.29) is 12.2 Å². The Kier molecular flexibility index (Phi) is 8.52. The summed E-state index contributed by atoms with van der Waals surface area (Å²) < 4.78 is 49.6. The Morgan fingerprint density at radius 3 is 2.60 bits per heavy atom. The molecule has 3 atom stereocenters. The minimum Gasteiger partial charge on any atom is -0.475 e. The maximum atomic E-state index is 10.6. The predicted octanol–water partition coefficient (Wildman–Crippen LogP) is 3.56. The fourth-order valence-electron chi connectivity index (χ4n) is 4.16. The minimum absolute atomic E-state index is 0.266. The maximum absolute atomic E-state index is 10.6. The van der Waals surface area contributed by atoms with Gasteiger partial charge >= 0.3 is 12.1 Å². The van der Waals surface area contributed by atoms with Gasteiger partial charge in [-0.3, -0.25) is 4.90 Å². The van der Waals surface area contributed by atoms with E-state index in [1.54, 1.807) is 11.3 Å². The van der Waals surface area contributed by atoms with Gasteiger partial charge in [-0.25, -0.2) is 4.79 Å². The van der Waals surface area contributed by atoms with Crippen LogP contribution in [-0.4, -0.2) is 73.4 Å². The highest BCUT2D eigenvalue weighted by Crippen LogP contribution is 2.33. The number of hydrogen-bond donors (Lipinski definition) is 1. The van der Waals surface area contributed by atoms with Gasteiger partial charge in [-0.15, -0.1) is 0 Å². The first kappa shape index (κ1) is 23.5. The minimum atomic E-state index is -5.08. The number of ether oxygens (including phenoxy) is 3. The summed E-state index contributed by atoms with van der Waals surface area (Å²) in [5.41, 5.74) is 1.43. The van der Waals surface area contributed by atoms with Crippen molar-refractivity contribution in [3.8, 4) is 0 Å². The van der Waals surface area contributed by atoms with Gasteiger partial charge in [0.25, 0.3) is 0 Å². The first-order chi connectivity index (χ1) is 14.3. The fraction of sp³-hybridized carbons (Fsp3) is 0.750. The molecule has 1 aromatic heterocycles. The number of carbonyl (C=O) groups is 1. The van der Waals surface area contributed by atoms with Crippen molar-refractivity contribution in [1.29, 1.82) is 0 Å². The molecule has 0 bridgehead atoms. The Balaban J connectivity index is 0.000000318. The molecule has 0 spiro atoms. The molecule has 1 aliphatic carbocycles. The molecule has 0 aromatic carbocycles. The number of carboxylic acid groups (broad SMARTS) is 1. The molecule has 30 heavy (non-hydrogen) atoms. The molecule has 2 aliphatic heterocycles. The Morgan fingerprint density at radius 2 is 1.97 bits per heavy atom. The van der Waals surface area contributed by atoms with Crippen LogP contribution in [0.4, 0.5) is 13.2 Å². The van der Waals surface area contributed by atoms with Crippen LogP contribution >= 0.6 is 11.3 Å². The van der Waals surface area contributed by atoms with Crippen LogP contribution in [0, 0.1) is 5.92 Å². The summed E-state index contributed by atoms with van der Waals surface area (Å²) in [5.74, 6) is -2.08. The van der Waals surface area contributed by atoms with Crippen molar-refractivity contribution in [2.45, 2.75) is 56.7 Å². The summed E-state index contributed by atoms with van der Waals surface area (Å²) in [7, 11) is 0. The van der Waals surface area contributed by atoms with Crippen LogP contribution in [0.1, 0.15) is 31.2 Å². The number of hydrogen-bond acceptors (Lipinski definition) is 6. The average molecular weight is 452 g/mol. The van der Waals surface area contributed by atoms with E-state index in [9.17, 15) is 13.2 Å². The molecule has 1 N–H and O–H groups in total. The lowest BCUT2D eigenvalue weighted by Gasteiger charge is -2.39. The largest absolute Gasteiger partial charge is 0.490 e. The summed E-state index contributed by atoms with van der Waals surface area (Å²) in [6.07, 6.45) is 0.0967. The Bertz CT molecular complexity index is 651. The fourth-order valence-corrected chi connectivity index (χ4v) is 4.82. The molecule has 0 radical (unpaired) electrons. The van der Waals surface area contributed by atoms with Gasteiger partial charge in [0.05, 0.1) is 25.4 Å². The molecule has 170 valence electrons. The van der Waals surface area contributed by atoms with Crippen molar-refractivity contribution in [3.05, 3.63) is 22.4 Å². The summed E-state index contributed by atoms with van der Waals surface area (Å²) >= 11 is 1.79. The molecule has 3 aliphatic rings. The van der Waals surface area contributed by atoms with Gasteiger partial charge in [0.1, 0.15) is 0 Å². The molecule has 4 rings (SSSR count). The van der Waals surface area contributed by atoms with E-state index in [2.05, 4.69) is 21.7 Å². The van der Waals surface area contributed by atoms with Crippen molar-refractivity contribution in [2.75, 3.05) is 33.0 Å². The lowest BCUT2D eigenvalue weighted by atomic mass is 10.0.